The topological polar surface area (TPSA) is 145 Å². The first-order valence-corrected chi connectivity index (χ1v) is 5.90. The van der Waals surface area contributed by atoms with Crippen molar-refractivity contribution in [3.63, 3.8) is 0 Å². The maximum Gasteiger partial charge on any atom is 0.266 e. The van der Waals surface area contributed by atoms with E-state index in [1.54, 1.807) is 0 Å². The van der Waals surface area contributed by atoms with Crippen molar-refractivity contribution in [2.24, 2.45) is 5.84 Å². The molecule has 9 heteroatoms. The van der Waals surface area contributed by atoms with Gasteiger partial charge in [0, 0.05) is 19.6 Å². The van der Waals surface area contributed by atoms with Gasteiger partial charge in [0.1, 0.15) is 0 Å². The molecular formula is C6H19N3O5S. The zero-order valence-electron chi connectivity index (χ0n) is 8.39. The fraction of sp³-hybridized carbons (Fsp3) is 1.00. The van der Waals surface area contributed by atoms with Gasteiger partial charge in [-0.15, -0.1) is 0 Å². The molecule has 0 saturated heterocycles. The van der Waals surface area contributed by atoms with E-state index in [1.807, 2.05) is 0 Å². The Morgan fingerprint density at radius 2 is 1.53 bits per heavy atom. The molecule has 0 aromatic rings. The van der Waals surface area contributed by atoms with Crippen LogP contribution in [0.5, 0.6) is 0 Å². The zero-order chi connectivity index (χ0) is 12.2. The van der Waals surface area contributed by atoms with Gasteiger partial charge >= 0.3 is 0 Å². The van der Waals surface area contributed by atoms with E-state index in [0.717, 1.165) is 0 Å². The first-order chi connectivity index (χ1) is 6.97. The maximum absolute atomic E-state index is 9.85. The molecule has 0 aliphatic heterocycles. The molecule has 0 aromatic carbocycles. The summed E-state index contributed by atoms with van der Waals surface area (Å²) in [5, 5.41) is 19.1. The second kappa shape index (κ2) is 11.8. The smallest absolute Gasteiger partial charge is 0.266 e. The van der Waals surface area contributed by atoms with Crippen molar-refractivity contribution >= 4 is 10.1 Å². The van der Waals surface area contributed by atoms with Crippen molar-refractivity contribution in [2.75, 3.05) is 38.6 Å². The lowest BCUT2D eigenvalue weighted by atomic mass is 10.6. The van der Waals surface area contributed by atoms with Crippen LogP contribution in [0.1, 0.15) is 0 Å². The number of aliphatic hydroxyl groups excluding tert-OH is 2. The molecule has 0 aliphatic carbocycles. The summed E-state index contributed by atoms with van der Waals surface area (Å²) in [6.07, 6.45) is 0. The highest BCUT2D eigenvalue weighted by Crippen LogP contribution is 1.75. The third-order valence-electron chi connectivity index (χ3n) is 1.08. The summed E-state index contributed by atoms with van der Waals surface area (Å²) in [6.45, 7) is 1.49. The molecule has 0 bridgehead atoms. The molecule has 0 heterocycles. The number of hydrogen-bond acceptors (Lipinski definition) is 7. The second-order valence-electron chi connectivity index (χ2n) is 2.44. The summed E-state index contributed by atoms with van der Waals surface area (Å²) in [7, 11) is -3.83. The fourth-order valence-electron chi connectivity index (χ4n) is 0.471. The van der Waals surface area contributed by atoms with Crippen LogP contribution in [0.25, 0.3) is 0 Å². The van der Waals surface area contributed by atoms with Crippen LogP contribution in [0, 0.1) is 0 Å². The van der Waals surface area contributed by atoms with Crippen LogP contribution < -0.4 is 16.6 Å². The first-order valence-electron chi connectivity index (χ1n) is 4.29. The predicted octanol–water partition coefficient (Wildman–Crippen LogP) is -3.10. The van der Waals surface area contributed by atoms with Crippen LogP contribution in [-0.4, -0.2) is 61.8 Å². The molecule has 0 rings (SSSR count). The van der Waals surface area contributed by atoms with Crippen LogP contribution in [-0.2, 0) is 10.1 Å². The highest BCUT2D eigenvalue weighted by Gasteiger charge is 2.00. The van der Waals surface area contributed by atoms with Gasteiger partial charge in [-0.25, -0.2) is 0 Å². The lowest BCUT2D eigenvalue weighted by molar-refractivity contribution is 0.266. The minimum Gasteiger partial charge on any atom is -0.395 e. The first kappa shape index (κ1) is 17.1. The minimum absolute atomic E-state index is 0.0683. The third kappa shape index (κ3) is 24.8. The number of nitrogens with one attached hydrogen (secondary N) is 2. The van der Waals surface area contributed by atoms with Crippen molar-refractivity contribution in [1.82, 2.24) is 10.7 Å². The SMILES string of the molecule is NNCCS(=O)(=O)O.OCCNCCO. The Kier molecular flexibility index (Phi) is 13.4. The Balaban J connectivity index is 0. The zero-order valence-corrected chi connectivity index (χ0v) is 9.20. The van der Waals surface area contributed by atoms with Crippen LogP contribution in [0.2, 0.25) is 0 Å². The molecule has 0 aliphatic rings. The van der Waals surface area contributed by atoms with Crippen LogP contribution in [0.4, 0.5) is 0 Å². The molecule has 0 unspecified atom stereocenters. The van der Waals surface area contributed by atoms with Gasteiger partial charge in [-0.1, -0.05) is 0 Å². The van der Waals surface area contributed by atoms with Crippen molar-refractivity contribution in [3.05, 3.63) is 0 Å². The number of hydrazine groups is 1. The maximum atomic E-state index is 9.85. The van der Waals surface area contributed by atoms with Crippen molar-refractivity contribution in [1.29, 1.82) is 0 Å². The van der Waals surface area contributed by atoms with Crippen LogP contribution in [0.3, 0.4) is 0 Å². The number of hydrogen-bond donors (Lipinski definition) is 6. The molecule has 15 heavy (non-hydrogen) atoms. The van der Waals surface area contributed by atoms with Crippen molar-refractivity contribution in [3.8, 4) is 0 Å². The lowest BCUT2D eigenvalue weighted by Gasteiger charge is -1.94. The molecule has 0 amide bonds. The Labute approximate surface area is 89.2 Å². The molecule has 7 N–H and O–H groups in total. The van der Waals surface area contributed by atoms with E-state index in [4.69, 9.17) is 20.6 Å². The van der Waals surface area contributed by atoms with E-state index >= 15 is 0 Å². The van der Waals surface area contributed by atoms with Crippen LogP contribution >= 0.6 is 0 Å². The van der Waals surface area contributed by atoms with E-state index < -0.39 is 10.1 Å². The van der Waals surface area contributed by atoms with Crippen molar-refractivity contribution < 1.29 is 23.2 Å². The summed E-state index contributed by atoms with van der Waals surface area (Å²) in [6, 6.07) is 0. The summed E-state index contributed by atoms with van der Waals surface area (Å²) < 4.78 is 27.7. The quantitative estimate of drug-likeness (QED) is 0.120. The van der Waals surface area contributed by atoms with Gasteiger partial charge in [-0.2, -0.15) is 8.42 Å². The normalized spacial score (nSPS) is 10.7. The molecule has 0 aromatic heterocycles. The van der Waals surface area contributed by atoms with Gasteiger partial charge in [0.2, 0.25) is 0 Å². The average molecular weight is 245 g/mol. The van der Waals surface area contributed by atoms with E-state index in [1.165, 1.54) is 0 Å². The highest BCUT2D eigenvalue weighted by molar-refractivity contribution is 7.85. The summed E-state index contributed by atoms with van der Waals surface area (Å²) in [5.41, 5.74) is 2.09. The van der Waals surface area contributed by atoms with E-state index in [9.17, 15) is 8.42 Å². The van der Waals surface area contributed by atoms with E-state index in [-0.39, 0.29) is 25.5 Å². The molecule has 0 fully saturated rings. The fourth-order valence-corrected chi connectivity index (χ4v) is 0.847. The van der Waals surface area contributed by atoms with Gasteiger partial charge in [-0.3, -0.25) is 15.8 Å². The standard InChI is InChI=1S/C4H11NO2.C2H8N2O3S/c6-3-1-5-2-4-7;3-4-1-2-8(5,6)7/h5-7H,1-4H2;4H,1-3H2,(H,5,6,7). The van der Waals surface area contributed by atoms with Crippen LogP contribution in [0.15, 0.2) is 0 Å². The Morgan fingerprint density at radius 1 is 1.07 bits per heavy atom. The molecule has 8 nitrogen and oxygen atoms in total. The second-order valence-corrected chi connectivity index (χ2v) is 4.01. The number of rotatable bonds is 7. The molecule has 0 spiro atoms. The summed E-state index contributed by atoms with van der Waals surface area (Å²) in [4.78, 5) is 0. The van der Waals surface area contributed by atoms with E-state index in [0.29, 0.717) is 13.1 Å². The largest absolute Gasteiger partial charge is 0.395 e. The molecular weight excluding hydrogens is 226 g/mol. The minimum atomic E-state index is -3.83. The van der Waals surface area contributed by atoms with Gasteiger partial charge < -0.3 is 15.5 Å². The van der Waals surface area contributed by atoms with Crippen molar-refractivity contribution in [2.45, 2.75) is 0 Å². The highest BCUT2D eigenvalue weighted by atomic mass is 32.2. The molecule has 0 saturated carbocycles. The summed E-state index contributed by atoms with van der Waals surface area (Å²) >= 11 is 0. The lowest BCUT2D eigenvalue weighted by Crippen LogP contribution is -2.28. The monoisotopic (exact) mass is 245 g/mol. The molecule has 0 atom stereocenters. The molecule has 0 radical (unpaired) electrons. The number of aliphatic hydroxyl groups is 2. The van der Waals surface area contributed by atoms with E-state index in [2.05, 4.69) is 10.7 Å². The average Bonchev–Trinajstić information content (AvgIpc) is 2.16. The Morgan fingerprint density at radius 3 is 1.73 bits per heavy atom. The van der Waals surface area contributed by atoms with Gasteiger partial charge in [0.15, 0.2) is 0 Å². The van der Waals surface area contributed by atoms with Gasteiger partial charge in [0.05, 0.1) is 19.0 Å². The van der Waals surface area contributed by atoms with Gasteiger partial charge in [0.25, 0.3) is 10.1 Å². The number of nitrogens with two attached hydrogens (primary N) is 1. The summed E-state index contributed by atoms with van der Waals surface area (Å²) in [5.74, 6) is 4.37. The molecule has 94 valence electrons. The Bertz CT molecular complexity index is 205. The predicted molar refractivity (Wildman–Crippen MR) is 55.6 cm³/mol. The van der Waals surface area contributed by atoms with Gasteiger partial charge in [-0.05, 0) is 0 Å². The Hall–Kier alpha value is -0.290. The third-order valence-corrected chi connectivity index (χ3v) is 1.80.